The van der Waals surface area contributed by atoms with E-state index in [0.29, 0.717) is 12.2 Å². The molecule has 0 unspecified atom stereocenters. The number of para-hydroxylation sites is 2. The van der Waals surface area contributed by atoms with Crippen LogP contribution in [0, 0.1) is 0 Å². The van der Waals surface area contributed by atoms with E-state index in [9.17, 15) is 4.79 Å². The Morgan fingerprint density at radius 2 is 1.89 bits per heavy atom. The van der Waals surface area contributed by atoms with Gasteiger partial charge in [0.15, 0.2) is 0 Å². The van der Waals surface area contributed by atoms with E-state index in [1.807, 2.05) is 52.2 Å². The summed E-state index contributed by atoms with van der Waals surface area (Å²) in [4.78, 5) is 19.6. The molecule has 1 atom stereocenters. The van der Waals surface area contributed by atoms with Crippen LogP contribution >= 0.6 is 0 Å². The van der Waals surface area contributed by atoms with Crippen LogP contribution in [0.2, 0.25) is 0 Å². The molecule has 0 bridgehead atoms. The summed E-state index contributed by atoms with van der Waals surface area (Å²) in [6, 6.07) is 15.9. The number of nitrogens with zero attached hydrogens (tertiary/aromatic N) is 3. The van der Waals surface area contributed by atoms with Crippen LogP contribution in [-0.4, -0.2) is 36.2 Å². The topological polar surface area (TPSA) is 59.4 Å². The largest absolute Gasteiger partial charge is 0.463 e. The average molecular weight is 376 g/mol. The molecule has 2 aromatic carbocycles. The van der Waals surface area contributed by atoms with Gasteiger partial charge in [0.2, 0.25) is 5.95 Å². The van der Waals surface area contributed by atoms with E-state index in [4.69, 9.17) is 9.72 Å². The number of fused-ring (bicyclic) bond motifs is 3. The molecule has 1 aliphatic heterocycles. The standard InChI is InChI=1S/C22H24N4O2/c1-5-28-21(27)19-14(2)23-22-24-17-8-6-7-9-18(17)26(22)20(19)15-10-12-16(13-11-15)25(3)4/h6-13,20H,5H2,1-4H3,(H,23,24)/t20-/m0/s1. The molecule has 1 N–H and O–H groups in total. The molecule has 0 saturated carbocycles. The van der Waals surface area contributed by atoms with E-state index in [-0.39, 0.29) is 12.0 Å². The molecular formula is C22H24N4O2. The second-order valence-corrected chi connectivity index (χ2v) is 7.07. The first-order valence-corrected chi connectivity index (χ1v) is 9.40. The second-order valence-electron chi connectivity index (χ2n) is 7.07. The van der Waals surface area contributed by atoms with Crippen LogP contribution in [0.1, 0.15) is 25.5 Å². The fourth-order valence-corrected chi connectivity index (χ4v) is 3.71. The molecular weight excluding hydrogens is 352 g/mol. The van der Waals surface area contributed by atoms with E-state index in [0.717, 1.165) is 33.9 Å². The number of benzene rings is 2. The molecule has 0 spiro atoms. The Kier molecular flexibility index (Phi) is 4.55. The lowest BCUT2D eigenvalue weighted by molar-refractivity contribution is -0.139. The molecule has 1 aliphatic rings. The van der Waals surface area contributed by atoms with Gasteiger partial charge in [-0.2, -0.15) is 0 Å². The molecule has 0 amide bonds. The summed E-state index contributed by atoms with van der Waals surface area (Å²) in [7, 11) is 4.02. The highest BCUT2D eigenvalue weighted by molar-refractivity contribution is 5.94. The van der Waals surface area contributed by atoms with Crippen molar-refractivity contribution in [2.75, 3.05) is 30.9 Å². The minimum atomic E-state index is -0.308. The monoisotopic (exact) mass is 376 g/mol. The SMILES string of the molecule is CCOC(=O)C1=C(C)Nc2nc3ccccc3n2[C@H]1c1ccc(N(C)C)cc1. The highest BCUT2D eigenvalue weighted by Crippen LogP contribution is 2.39. The number of anilines is 2. The van der Waals surface area contributed by atoms with Crippen molar-refractivity contribution in [3.63, 3.8) is 0 Å². The van der Waals surface area contributed by atoms with Crippen molar-refractivity contribution >= 4 is 28.6 Å². The zero-order chi connectivity index (χ0) is 19.8. The number of carbonyl (C=O) groups excluding carboxylic acids is 1. The van der Waals surface area contributed by atoms with E-state index in [2.05, 4.69) is 39.0 Å². The molecule has 144 valence electrons. The van der Waals surface area contributed by atoms with Crippen LogP contribution in [-0.2, 0) is 9.53 Å². The fourth-order valence-electron chi connectivity index (χ4n) is 3.71. The summed E-state index contributed by atoms with van der Waals surface area (Å²) in [5.41, 5.74) is 5.35. The smallest absolute Gasteiger partial charge is 0.338 e. The van der Waals surface area contributed by atoms with Gasteiger partial charge in [-0.15, -0.1) is 0 Å². The van der Waals surface area contributed by atoms with Gasteiger partial charge in [-0.1, -0.05) is 24.3 Å². The van der Waals surface area contributed by atoms with Gasteiger partial charge >= 0.3 is 5.97 Å². The maximum absolute atomic E-state index is 12.9. The van der Waals surface area contributed by atoms with Crippen LogP contribution in [0.5, 0.6) is 0 Å². The molecule has 0 fully saturated rings. The summed E-state index contributed by atoms with van der Waals surface area (Å²) in [5.74, 6) is 0.422. The van der Waals surface area contributed by atoms with Gasteiger partial charge in [0.1, 0.15) is 0 Å². The first-order valence-electron chi connectivity index (χ1n) is 9.40. The quantitative estimate of drug-likeness (QED) is 0.699. The predicted molar refractivity (Wildman–Crippen MR) is 112 cm³/mol. The molecule has 3 aromatic rings. The van der Waals surface area contributed by atoms with E-state index >= 15 is 0 Å². The second kappa shape index (κ2) is 7.03. The van der Waals surface area contributed by atoms with Crippen molar-refractivity contribution in [1.29, 1.82) is 0 Å². The van der Waals surface area contributed by atoms with Crippen molar-refractivity contribution < 1.29 is 9.53 Å². The molecule has 0 radical (unpaired) electrons. The minimum Gasteiger partial charge on any atom is -0.463 e. The van der Waals surface area contributed by atoms with E-state index in [1.165, 1.54) is 0 Å². The van der Waals surface area contributed by atoms with Gasteiger partial charge in [-0.25, -0.2) is 9.78 Å². The summed E-state index contributed by atoms with van der Waals surface area (Å²) in [6.07, 6.45) is 0. The molecule has 28 heavy (non-hydrogen) atoms. The Hall–Kier alpha value is -3.28. The molecule has 1 aromatic heterocycles. The highest BCUT2D eigenvalue weighted by Gasteiger charge is 2.34. The summed E-state index contributed by atoms with van der Waals surface area (Å²) >= 11 is 0. The van der Waals surface area contributed by atoms with E-state index < -0.39 is 0 Å². The number of allylic oxidation sites excluding steroid dienone is 1. The van der Waals surface area contributed by atoms with Gasteiger partial charge in [0.25, 0.3) is 0 Å². The Bertz CT molecular complexity index is 1060. The van der Waals surface area contributed by atoms with Crippen molar-refractivity contribution in [2.45, 2.75) is 19.9 Å². The molecule has 0 aliphatic carbocycles. The number of esters is 1. The lowest BCUT2D eigenvalue weighted by Crippen LogP contribution is -2.29. The Balaban J connectivity index is 1.93. The van der Waals surface area contributed by atoms with Crippen molar-refractivity contribution in [2.24, 2.45) is 0 Å². The summed E-state index contributed by atoms with van der Waals surface area (Å²) in [6.45, 7) is 4.05. The third-order valence-electron chi connectivity index (χ3n) is 5.05. The summed E-state index contributed by atoms with van der Waals surface area (Å²) < 4.78 is 7.47. The first kappa shape index (κ1) is 18.1. The first-order chi connectivity index (χ1) is 13.5. The van der Waals surface area contributed by atoms with Gasteiger partial charge in [-0.3, -0.25) is 4.57 Å². The van der Waals surface area contributed by atoms with Crippen molar-refractivity contribution in [3.8, 4) is 0 Å². The average Bonchev–Trinajstić information content (AvgIpc) is 3.05. The summed E-state index contributed by atoms with van der Waals surface area (Å²) in [5, 5.41) is 3.29. The maximum Gasteiger partial charge on any atom is 0.338 e. The van der Waals surface area contributed by atoms with Crippen LogP contribution in [0.4, 0.5) is 11.6 Å². The van der Waals surface area contributed by atoms with Crippen molar-refractivity contribution in [3.05, 3.63) is 65.4 Å². The van der Waals surface area contributed by atoms with Crippen LogP contribution < -0.4 is 10.2 Å². The lowest BCUT2D eigenvalue weighted by atomic mass is 9.95. The Labute approximate surface area is 164 Å². The number of nitrogens with one attached hydrogen (secondary N) is 1. The number of ether oxygens (including phenoxy) is 1. The lowest BCUT2D eigenvalue weighted by Gasteiger charge is -2.30. The van der Waals surface area contributed by atoms with Crippen molar-refractivity contribution in [1.82, 2.24) is 9.55 Å². The number of rotatable bonds is 4. The zero-order valence-electron chi connectivity index (χ0n) is 16.6. The minimum absolute atomic E-state index is 0.307. The van der Waals surface area contributed by atoms with Crippen LogP contribution in [0.25, 0.3) is 11.0 Å². The Morgan fingerprint density at radius 3 is 2.57 bits per heavy atom. The molecule has 4 rings (SSSR count). The fraction of sp³-hybridized carbons (Fsp3) is 0.273. The van der Waals surface area contributed by atoms with Gasteiger partial charge in [0.05, 0.1) is 29.3 Å². The number of aromatic nitrogens is 2. The van der Waals surface area contributed by atoms with Gasteiger partial charge < -0.3 is 15.0 Å². The number of carbonyl (C=O) groups is 1. The van der Waals surface area contributed by atoms with Crippen LogP contribution in [0.15, 0.2) is 59.8 Å². The molecule has 6 heteroatoms. The zero-order valence-corrected chi connectivity index (χ0v) is 16.6. The molecule has 2 heterocycles. The highest BCUT2D eigenvalue weighted by atomic mass is 16.5. The van der Waals surface area contributed by atoms with Gasteiger partial charge in [-0.05, 0) is 43.7 Å². The Morgan fingerprint density at radius 1 is 1.18 bits per heavy atom. The third-order valence-corrected chi connectivity index (χ3v) is 5.05. The predicted octanol–water partition coefficient (Wildman–Crippen LogP) is 3.95. The number of hydrogen-bond acceptors (Lipinski definition) is 5. The number of imidazole rings is 1. The van der Waals surface area contributed by atoms with E-state index in [1.54, 1.807) is 0 Å². The maximum atomic E-state index is 12.9. The number of hydrogen-bond donors (Lipinski definition) is 1. The normalized spacial score (nSPS) is 15.9. The van der Waals surface area contributed by atoms with Crippen LogP contribution in [0.3, 0.4) is 0 Å². The third kappa shape index (κ3) is 2.91. The molecule has 6 nitrogen and oxygen atoms in total. The van der Waals surface area contributed by atoms with Gasteiger partial charge in [0, 0.05) is 25.5 Å². The molecule has 0 saturated heterocycles.